The van der Waals surface area contributed by atoms with Gasteiger partial charge >= 0.3 is 0 Å². The van der Waals surface area contributed by atoms with Crippen molar-refractivity contribution in [1.29, 1.82) is 0 Å². The highest BCUT2D eigenvalue weighted by Crippen LogP contribution is 2.31. The van der Waals surface area contributed by atoms with Crippen LogP contribution in [0, 0.1) is 6.92 Å². The van der Waals surface area contributed by atoms with Gasteiger partial charge in [-0.3, -0.25) is 4.79 Å². The summed E-state index contributed by atoms with van der Waals surface area (Å²) in [6, 6.07) is 4.04. The van der Waals surface area contributed by atoms with Crippen LogP contribution < -0.4 is 0 Å². The third-order valence-corrected chi connectivity index (χ3v) is 4.55. The SMILES string of the molecule is Cc1ccc([C@H]2CSCCN2C(=O)CCCOC(C)C)o1. The molecular weight excluding hydrogens is 286 g/mol. The Morgan fingerprint density at radius 1 is 1.52 bits per heavy atom. The molecule has 0 saturated carbocycles. The molecule has 1 aromatic heterocycles. The Kier molecular flexibility index (Phi) is 6.18. The second-order valence-electron chi connectivity index (χ2n) is 5.65. The minimum atomic E-state index is 0.0796. The van der Waals surface area contributed by atoms with Crippen molar-refractivity contribution in [3.05, 3.63) is 23.7 Å². The minimum absolute atomic E-state index is 0.0796. The third-order valence-electron chi connectivity index (χ3n) is 3.52. The molecule has 5 heteroatoms. The minimum Gasteiger partial charge on any atom is -0.464 e. The highest BCUT2D eigenvalue weighted by molar-refractivity contribution is 7.99. The largest absolute Gasteiger partial charge is 0.464 e. The first kappa shape index (κ1) is 16.4. The van der Waals surface area contributed by atoms with Crippen LogP contribution in [0.4, 0.5) is 0 Å². The maximum Gasteiger partial charge on any atom is 0.223 e. The van der Waals surface area contributed by atoms with Crippen molar-refractivity contribution in [2.75, 3.05) is 24.7 Å². The number of carbonyl (C=O) groups is 1. The summed E-state index contributed by atoms with van der Waals surface area (Å²) in [5, 5.41) is 0. The van der Waals surface area contributed by atoms with Crippen molar-refractivity contribution in [2.45, 2.75) is 45.8 Å². The van der Waals surface area contributed by atoms with Crippen LogP contribution in [0.5, 0.6) is 0 Å². The number of aryl methyl sites for hydroxylation is 1. The molecule has 0 spiro atoms. The maximum absolute atomic E-state index is 12.5. The van der Waals surface area contributed by atoms with E-state index in [9.17, 15) is 4.79 Å². The van der Waals surface area contributed by atoms with Gasteiger partial charge in [0.15, 0.2) is 0 Å². The summed E-state index contributed by atoms with van der Waals surface area (Å²) >= 11 is 1.88. The Hall–Kier alpha value is -0.940. The van der Waals surface area contributed by atoms with Crippen molar-refractivity contribution in [1.82, 2.24) is 4.90 Å². The Bertz CT molecular complexity index is 458. The summed E-state index contributed by atoms with van der Waals surface area (Å²) < 4.78 is 11.2. The highest BCUT2D eigenvalue weighted by atomic mass is 32.2. The van der Waals surface area contributed by atoms with Crippen molar-refractivity contribution in [2.24, 2.45) is 0 Å². The van der Waals surface area contributed by atoms with Crippen LogP contribution in [0.15, 0.2) is 16.5 Å². The summed E-state index contributed by atoms with van der Waals surface area (Å²) in [6.45, 7) is 7.42. The normalized spacial score (nSPS) is 19.2. The predicted molar refractivity (Wildman–Crippen MR) is 85.5 cm³/mol. The third kappa shape index (κ3) is 4.78. The average molecular weight is 311 g/mol. The molecule has 1 amide bonds. The highest BCUT2D eigenvalue weighted by Gasteiger charge is 2.29. The van der Waals surface area contributed by atoms with Gasteiger partial charge in [-0.25, -0.2) is 0 Å². The fraction of sp³-hybridized carbons (Fsp3) is 0.688. The first-order chi connectivity index (χ1) is 10.1. The number of hydrogen-bond donors (Lipinski definition) is 0. The van der Waals surface area contributed by atoms with E-state index in [1.165, 1.54) is 0 Å². The van der Waals surface area contributed by atoms with Gasteiger partial charge in [0.1, 0.15) is 11.5 Å². The molecule has 0 N–H and O–H groups in total. The molecule has 0 unspecified atom stereocenters. The molecule has 21 heavy (non-hydrogen) atoms. The zero-order valence-electron chi connectivity index (χ0n) is 13.1. The number of nitrogens with zero attached hydrogens (tertiary/aromatic N) is 1. The molecule has 4 nitrogen and oxygen atoms in total. The summed E-state index contributed by atoms with van der Waals surface area (Å²) in [4.78, 5) is 14.4. The van der Waals surface area contributed by atoms with Gasteiger partial charge in [-0.15, -0.1) is 0 Å². The van der Waals surface area contributed by atoms with E-state index in [2.05, 4.69) is 0 Å². The van der Waals surface area contributed by atoms with Crippen LogP contribution in [-0.2, 0) is 9.53 Å². The lowest BCUT2D eigenvalue weighted by Crippen LogP contribution is -2.40. The zero-order valence-corrected chi connectivity index (χ0v) is 13.9. The quantitative estimate of drug-likeness (QED) is 0.755. The lowest BCUT2D eigenvalue weighted by Gasteiger charge is -2.34. The van der Waals surface area contributed by atoms with Crippen LogP contribution >= 0.6 is 11.8 Å². The second kappa shape index (κ2) is 7.90. The van der Waals surface area contributed by atoms with Gasteiger partial charge in [-0.1, -0.05) is 0 Å². The fourth-order valence-electron chi connectivity index (χ4n) is 2.46. The first-order valence-corrected chi connectivity index (χ1v) is 8.78. The van der Waals surface area contributed by atoms with E-state index in [4.69, 9.17) is 9.15 Å². The van der Waals surface area contributed by atoms with Gasteiger partial charge in [0.25, 0.3) is 0 Å². The molecule has 118 valence electrons. The summed E-state index contributed by atoms with van der Waals surface area (Å²) in [6.07, 6.45) is 1.56. The van der Waals surface area contributed by atoms with Crippen LogP contribution in [0.2, 0.25) is 0 Å². The number of hydrogen-bond acceptors (Lipinski definition) is 4. The summed E-state index contributed by atoms with van der Waals surface area (Å²) in [7, 11) is 0. The van der Waals surface area contributed by atoms with Crippen LogP contribution in [0.3, 0.4) is 0 Å². The second-order valence-corrected chi connectivity index (χ2v) is 6.80. The molecule has 1 aliphatic rings. The molecule has 1 saturated heterocycles. The molecule has 1 aliphatic heterocycles. The smallest absolute Gasteiger partial charge is 0.223 e. The number of amides is 1. The Labute approximate surface area is 131 Å². The molecule has 0 bridgehead atoms. The van der Waals surface area contributed by atoms with E-state index >= 15 is 0 Å². The number of ether oxygens (including phenoxy) is 1. The van der Waals surface area contributed by atoms with Crippen LogP contribution in [-0.4, -0.2) is 41.6 Å². The summed E-state index contributed by atoms with van der Waals surface area (Å²) in [5.74, 6) is 3.94. The number of furan rings is 1. The van der Waals surface area contributed by atoms with Crippen molar-refractivity contribution in [3.8, 4) is 0 Å². The van der Waals surface area contributed by atoms with Gasteiger partial charge in [0.05, 0.1) is 12.1 Å². The van der Waals surface area contributed by atoms with Crippen molar-refractivity contribution >= 4 is 17.7 Å². The van der Waals surface area contributed by atoms with E-state index in [0.717, 1.165) is 36.0 Å². The van der Waals surface area contributed by atoms with E-state index in [0.29, 0.717) is 13.0 Å². The van der Waals surface area contributed by atoms with Crippen LogP contribution in [0.25, 0.3) is 0 Å². The Morgan fingerprint density at radius 3 is 3.00 bits per heavy atom. The summed E-state index contributed by atoms with van der Waals surface area (Å²) in [5.41, 5.74) is 0. The fourth-order valence-corrected chi connectivity index (χ4v) is 3.52. The van der Waals surface area contributed by atoms with Gasteiger partial charge < -0.3 is 14.1 Å². The standard InChI is InChI=1S/C16H25NO3S/c1-12(2)19-9-4-5-16(18)17-8-10-21-11-14(17)15-7-6-13(3)20-15/h6-7,12,14H,4-5,8-11H2,1-3H3/t14-/m1/s1. The molecule has 2 rings (SSSR count). The molecule has 2 heterocycles. The van der Waals surface area contributed by atoms with E-state index in [1.54, 1.807) is 0 Å². The van der Waals surface area contributed by atoms with Crippen molar-refractivity contribution < 1.29 is 13.9 Å². The van der Waals surface area contributed by atoms with Gasteiger partial charge in [-0.2, -0.15) is 11.8 Å². The van der Waals surface area contributed by atoms with Gasteiger partial charge in [0, 0.05) is 31.1 Å². The molecule has 0 aliphatic carbocycles. The van der Waals surface area contributed by atoms with Crippen LogP contribution in [0.1, 0.15) is 44.3 Å². The lowest BCUT2D eigenvalue weighted by atomic mass is 10.2. The molecule has 1 fully saturated rings. The van der Waals surface area contributed by atoms with E-state index < -0.39 is 0 Å². The lowest BCUT2D eigenvalue weighted by molar-refractivity contribution is -0.134. The molecule has 1 aromatic rings. The average Bonchev–Trinajstić information content (AvgIpc) is 2.89. The Morgan fingerprint density at radius 2 is 2.33 bits per heavy atom. The van der Waals surface area contributed by atoms with E-state index in [-0.39, 0.29) is 18.1 Å². The molecule has 0 radical (unpaired) electrons. The van der Waals surface area contributed by atoms with Crippen molar-refractivity contribution in [3.63, 3.8) is 0 Å². The predicted octanol–water partition coefficient (Wildman–Crippen LogP) is 3.41. The van der Waals surface area contributed by atoms with Gasteiger partial charge in [-0.05, 0) is 39.3 Å². The number of rotatable bonds is 6. The molecular formula is C16H25NO3S. The Balaban J connectivity index is 1.90. The van der Waals surface area contributed by atoms with E-state index in [1.807, 2.05) is 49.6 Å². The number of thioether (sulfide) groups is 1. The zero-order chi connectivity index (χ0) is 15.2. The molecule has 0 aromatic carbocycles. The maximum atomic E-state index is 12.5. The van der Waals surface area contributed by atoms with Gasteiger partial charge in [0.2, 0.25) is 5.91 Å². The first-order valence-electron chi connectivity index (χ1n) is 7.63. The topological polar surface area (TPSA) is 42.7 Å². The number of carbonyl (C=O) groups excluding carboxylic acids is 1. The molecule has 1 atom stereocenters. The monoisotopic (exact) mass is 311 g/mol.